The maximum absolute atomic E-state index is 12.5. The first-order valence-electron chi connectivity index (χ1n) is 5.75. The highest BCUT2D eigenvalue weighted by Crippen LogP contribution is 2.42. The van der Waals surface area contributed by atoms with E-state index in [9.17, 15) is 9.90 Å². The normalized spacial score (nSPS) is 22.0. The maximum atomic E-state index is 12.5. The molecule has 0 bridgehead atoms. The summed E-state index contributed by atoms with van der Waals surface area (Å²) >= 11 is 3.50. The third-order valence-electron chi connectivity index (χ3n) is 3.30. The number of carbonyl (C=O) groups is 1. The molecule has 0 saturated heterocycles. The standard InChI is InChI=1S/C15H11BrO2/c16-13-9-5-1-2-6-10(9)14(17)11-7-3-4-8-12(11)15(13)18/h1-8,13,15,18H. The molecule has 0 aromatic heterocycles. The number of halogens is 1. The molecule has 90 valence electrons. The van der Waals surface area contributed by atoms with E-state index in [-0.39, 0.29) is 10.6 Å². The van der Waals surface area contributed by atoms with Gasteiger partial charge in [-0.1, -0.05) is 64.5 Å². The molecular formula is C15H11BrO2. The van der Waals surface area contributed by atoms with Crippen molar-refractivity contribution in [1.82, 2.24) is 0 Å². The number of alkyl halides is 1. The molecule has 0 heterocycles. The van der Waals surface area contributed by atoms with Crippen LogP contribution in [0, 0.1) is 0 Å². The van der Waals surface area contributed by atoms with Crippen LogP contribution in [-0.4, -0.2) is 10.9 Å². The monoisotopic (exact) mass is 302 g/mol. The van der Waals surface area contributed by atoms with E-state index in [1.54, 1.807) is 18.2 Å². The topological polar surface area (TPSA) is 37.3 Å². The summed E-state index contributed by atoms with van der Waals surface area (Å²) in [5.41, 5.74) is 2.76. The second-order valence-corrected chi connectivity index (χ2v) is 5.34. The Balaban J connectivity index is 2.31. The van der Waals surface area contributed by atoms with E-state index >= 15 is 0 Å². The number of aliphatic hydroxyl groups excluding tert-OH is 1. The third kappa shape index (κ3) is 1.62. The molecule has 2 atom stereocenters. The van der Waals surface area contributed by atoms with Crippen molar-refractivity contribution in [3.63, 3.8) is 0 Å². The predicted molar refractivity (Wildman–Crippen MR) is 72.9 cm³/mol. The number of ketones is 1. The highest BCUT2D eigenvalue weighted by molar-refractivity contribution is 9.09. The minimum absolute atomic E-state index is 0.0257. The number of hydrogen-bond donors (Lipinski definition) is 1. The van der Waals surface area contributed by atoms with Gasteiger partial charge in [-0.2, -0.15) is 0 Å². The molecule has 1 aliphatic rings. The summed E-state index contributed by atoms with van der Waals surface area (Å²) in [6, 6.07) is 14.6. The fourth-order valence-electron chi connectivity index (χ4n) is 2.38. The first-order valence-corrected chi connectivity index (χ1v) is 6.66. The van der Waals surface area contributed by atoms with Crippen molar-refractivity contribution >= 4 is 21.7 Å². The molecule has 0 amide bonds. The SMILES string of the molecule is O=C1c2ccccc2C(O)C(Br)c2ccccc21. The number of aliphatic hydroxyl groups is 1. The van der Waals surface area contributed by atoms with Crippen LogP contribution in [0.4, 0.5) is 0 Å². The molecule has 0 aliphatic heterocycles. The highest BCUT2D eigenvalue weighted by atomic mass is 79.9. The molecule has 0 spiro atoms. The third-order valence-corrected chi connectivity index (χ3v) is 4.30. The van der Waals surface area contributed by atoms with Crippen LogP contribution >= 0.6 is 15.9 Å². The molecule has 0 fully saturated rings. The molecule has 1 N–H and O–H groups in total. The Kier molecular flexibility index (Phi) is 2.80. The fraction of sp³-hybridized carbons (Fsp3) is 0.133. The number of fused-ring (bicyclic) bond motifs is 2. The van der Waals surface area contributed by atoms with E-state index in [0.29, 0.717) is 16.7 Å². The molecule has 2 aromatic carbocycles. The van der Waals surface area contributed by atoms with Gasteiger partial charge in [0.15, 0.2) is 5.78 Å². The predicted octanol–water partition coefficient (Wildman–Crippen LogP) is 3.40. The van der Waals surface area contributed by atoms with Crippen molar-refractivity contribution in [3.05, 3.63) is 70.8 Å². The fourth-order valence-corrected chi connectivity index (χ4v) is 3.06. The van der Waals surface area contributed by atoms with Gasteiger partial charge in [0.2, 0.25) is 0 Å². The zero-order valence-electron chi connectivity index (χ0n) is 9.51. The van der Waals surface area contributed by atoms with Gasteiger partial charge in [-0.15, -0.1) is 0 Å². The van der Waals surface area contributed by atoms with Crippen molar-refractivity contribution in [2.45, 2.75) is 10.9 Å². The minimum atomic E-state index is -0.714. The highest BCUT2D eigenvalue weighted by Gasteiger charge is 2.31. The molecule has 3 heteroatoms. The van der Waals surface area contributed by atoms with Gasteiger partial charge in [-0.05, 0) is 11.1 Å². The molecule has 2 aromatic rings. The molecule has 0 radical (unpaired) electrons. The van der Waals surface area contributed by atoms with Crippen LogP contribution in [0.25, 0.3) is 0 Å². The lowest BCUT2D eigenvalue weighted by atomic mass is 9.99. The number of carbonyl (C=O) groups excluding carboxylic acids is 1. The van der Waals surface area contributed by atoms with Gasteiger partial charge in [0.1, 0.15) is 0 Å². The Morgan fingerprint density at radius 2 is 1.39 bits per heavy atom. The van der Waals surface area contributed by atoms with Gasteiger partial charge in [-0.3, -0.25) is 4.79 Å². The van der Waals surface area contributed by atoms with Crippen molar-refractivity contribution in [3.8, 4) is 0 Å². The molecule has 2 nitrogen and oxygen atoms in total. The Morgan fingerprint density at radius 3 is 2.06 bits per heavy atom. The first-order chi connectivity index (χ1) is 8.70. The van der Waals surface area contributed by atoms with Crippen molar-refractivity contribution < 1.29 is 9.90 Å². The van der Waals surface area contributed by atoms with E-state index in [1.807, 2.05) is 30.3 Å². The molecule has 18 heavy (non-hydrogen) atoms. The summed E-state index contributed by atoms with van der Waals surface area (Å²) in [4.78, 5) is 12.2. The molecular weight excluding hydrogens is 292 g/mol. The van der Waals surface area contributed by atoms with E-state index < -0.39 is 6.10 Å². The average molecular weight is 303 g/mol. The summed E-state index contributed by atoms with van der Waals surface area (Å²) in [6.45, 7) is 0. The summed E-state index contributed by atoms with van der Waals surface area (Å²) in [6.07, 6.45) is -0.714. The lowest BCUT2D eigenvalue weighted by molar-refractivity contribution is 0.103. The first kappa shape index (κ1) is 11.6. The zero-order chi connectivity index (χ0) is 12.7. The van der Waals surface area contributed by atoms with Crippen LogP contribution in [0.3, 0.4) is 0 Å². The van der Waals surface area contributed by atoms with E-state index in [4.69, 9.17) is 0 Å². The molecule has 2 unspecified atom stereocenters. The maximum Gasteiger partial charge on any atom is 0.193 e. The van der Waals surface area contributed by atoms with Gasteiger partial charge in [0.25, 0.3) is 0 Å². The van der Waals surface area contributed by atoms with Crippen LogP contribution in [0.15, 0.2) is 48.5 Å². The number of benzene rings is 2. The molecule has 3 rings (SSSR count). The smallest absolute Gasteiger partial charge is 0.193 e. The van der Waals surface area contributed by atoms with Crippen molar-refractivity contribution in [2.24, 2.45) is 0 Å². The van der Waals surface area contributed by atoms with E-state index in [0.717, 1.165) is 5.56 Å². The van der Waals surface area contributed by atoms with Gasteiger partial charge < -0.3 is 5.11 Å². The summed E-state index contributed by atoms with van der Waals surface area (Å²) in [5.74, 6) is -0.0257. The van der Waals surface area contributed by atoms with E-state index in [2.05, 4.69) is 15.9 Å². The largest absolute Gasteiger partial charge is 0.387 e. The van der Waals surface area contributed by atoms with Crippen LogP contribution < -0.4 is 0 Å². The number of rotatable bonds is 0. The minimum Gasteiger partial charge on any atom is -0.387 e. The molecule has 0 saturated carbocycles. The lowest BCUT2D eigenvalue weighted by Crippen LogP contribution is -2.05. The average Bonchev–Trinajstić information content (AvgIpc) is 2.51. The quantitative estimate of drug-likeness (QED) is 0.757. The van der Waals surface area contributed by atoms with Crippen LogP contribution in [0.1, 0.15) is 38.0 Å². The van der Waals surface area contributed by atoms with Gasteiger partial charge >= 0.3 is 0 Å². The van der Waals surface area contributed by atoms with Crippen LogP contribution in [-0.2, 0) is 0 Å². The Morgan fingerprint density at radius 1 is 0.889 bits per heavy atom. The second kappa shape index (κ2) is 4.34. The van der Waals surface area contributed by atoms with Gasteiger partial charge in [-0.25, -0.2) is 0 Å². The summed E-state index contributed by atoms with van der Waals surface area (Å²) in [5, 5.41) is 10.4. The van der Waals surface area contributed by atoms with Crippen LogP contribution in [0.2, 0.25) is 0 Å². The second-order valence-electron chi connectivity index (χ2n) is 4.35. The number of hydrogen-bond acceptors (Lipinski definition) is 2. The van der Waals surface area contributed by atoms with E-state index in [1.165, 1.54) is 0 Å². The lowest BCUT2D eigenvalue weighted by Gasteiger charge is -2.17. The Bertz CT molecular complexity index is 568. The summed E-state index contributed by atoms with van der Waals surface area (Å²) in [7, 11) is 0. The van der Waals surface area contributed by atoms with Gasteiger partial charge in [0.05, 0.1) is 10.9 Å². The molecule has 1 aliphatic carbocycles. The Labute approximate surface area is 113 Å². The zero-order valence-corrected chi connectivity index (χ0v) is 11.1. The van der Waals surface area contributed by atoms with Crippen molar-refractivity contribution in [2.75, 3.05) is 0 Å². The summed E-state index contributed by atoms with van der Waals surface area (Å²) < 4.78 is 0. The van der Waals surface area contributed by atoms with Gasteiger partial charge in [0, 0.05) is 11.1 Å². The Hall–Kier alpha value is -1.45. The van der Waals surface area contributed by atoms with Crippen molar-refractivity contribution in [1.29, 1.82) is 0 Å². The van der Waals surface area contributed by atoms with Crippen LogP contribution in [0.5, 0.6) is 0 Å².